The fourth-order valence-electron chi connectivity index (χ4n) is 2.45. The van der Waals surface area contributed by atoms with Crippen LogP contribution in [0.1, 0.15) is 32.3 Å². The van der Waals surface area contributed by atoms with Gasteiger partial charge in [0.1, 0.15) is 6.26 Å². The Morgan fingerprint density at radius 1 is 1.19 bits per heavy atom. The van der Waals surface area contributed by atoms with Crippen molar-refractivity contribution in [3.8, 4) is 0 Å². The maximum atomic E-state index is 12.6. The highest BCUT2D eigenvalue weighted by atomic mass is 16.3. The zero-order chi connectivity index (χ0) is 18.5. The smallest absolute Gasteiger partial charge is 0.257 e. The molecule has 0 aliphatic heterocycles. The molecule has 0 aliphatic carbocycles. The Balaban J connectivity index is 1.70. The molecule has 132 valence electrons. The van der Waals surface area contributed by atoms with Gasteiger partial charge in [0.2, 0.25) is 0 Å². The predicted octanol–water partition coefficient (Wildman–Crippen LogP) is 2.90. The third-order valence-electron chi connectivity index (χ3n) is 3.70. The van der Waals surface area contributed by atoms with Crippen LogP contribution in [-0.2, 0) is 6.54 Å². The molecular weight excluding hydrogens is 332 g/mol. The van der Waals surface area contributed by atoms with E-state index in [1.54, 1.807) is 61.5 Å². The Morgan fingerprint density at radius 2 is 2.00 bits per heavy atom. The molecular formula is C19H18N4O3. The number of hydrogen-bond donors (Lipinski definition) is 1. The molecule has 2 heterocycles. The summed E-state index contributed by atoms with van der Waals surface area (Å²) >= 11 is 0. The number of nitrogens with zero attached hydrogens (tertiary/aromatic N) is 3. The van der Waals surface area contributed by atoms with E-state index in [0.717, 1.165) is 0 Å². The summed E-state index contributed by atoms with van der Waals surface area (Å²) in [5, 5.41) is 2.77. The molecule has 0 saturated heterocycles. The van der Waals surface area contributed by atoms with Gasteiger partial charge in [-0.3, -0.25) is 14.6 Å². The van der Waals surface area contributed by atoms with Gasteiger partial charge in [0, 0.05) is 37.6 Å². The van der Waals surface area contributed by atoms with Crippen LogP contribution in [0.3, 0.4) is 0 Å². The molecule has 26 heavy (non-hydrogen) atoms. The Hall–Kier alpha value is -3.48. The summed E-state index contributed by atoms with van der Waals surface area (Å²) in [6.45, 7) is 2.09. The number of oxazole rings is 1. The quantitative estimate of drug-likeness (QED) is 0.764. The first-order valence-electron chi connectivity index (χ1n) is 8.01. The van der Waals surface area contributed by atoms with Crippen molar-refractivity contribution in [1.29, 1.82) is 0 Å². The van der Waals surface area contributed by atoms with Crippen LogP contribution in [-0.4, -0.2) is 33.7 Å². The van der Waals surface area contributed by atoms with Crippen LogP contribution in [0.5, 0.6) is 0 Å². The molecule has 0 atom stereocenters. The minimum Gasteiger partial charge on any atom is -0.449 e. The Morgan fingerprint density at radius 3 is 2.69 bits per heavy atom. The van der Waals surface area contributed by atoms with Gasteiger partial charge in [-0.2, -0.15) is 0 Å². The molecule has 2 amide bonds. The molecule has 3 rings (SSSR count). The number of carbonyl (C=O) groups excluding carboxylic acids is 2. The molecule has 7 heteroatoms. The van der Waals surface area contributed by atoms with E-state index in [2.05, 4.69) is 15.3 Å². The van der Waals surface area contributed by atoms with Gasteiger partial charge in [0.15, 0.2) is 5.89 Å². The van der Waals surface area contributed by atoms with E-state index in [0.29, 0.717) is 34.9 Å². The van der Waals surface area contributed by atoms with Gasteiger partial charge < -0.3 is 14.6 Å². The van der Waals surface area contributed by atoms with Gasteiger partial charge in [-0.25, -0.2) is 4.98 Å². The zero-order valence-electron chi connectivity index (χ0n) is 14.5. The van der Waals surface area contributed by atoms with Crippen LogP contribution < -0.4 is 5.32 Å². The van der Waals surface area contributed by atoms with E-state index < -0.39 is 0 Å². The van der Waals surface area contributed by atoms with Crippen LogP contribution >= 0.6 is 0 Å². The minimum absolute atomic E-state index is 0.178. The fourth-order valence-corrected chi connectivity index (χ4v) is 2.45. The second-order valence-corrected chi connectivity index (χ2v) is 5.80. The topological polar surface area (TPSA) is 88.3 Å². The van der Waals surface area contributed by atoms with Gasteiger partial charge in [-0.05, 0) is 30.3 Å². The highest BCUT2D eigenvalue weighted by Crippen LogP contribution is 2.15. The predicted molar refractivity (Wildman–Crippen MR) is 95.7 cm³/mol. The first-order valence-corrected chi connectivity index (χ1v) is 8.01. The van der Waals surface area contributed by atoms with Crippen molar-refractivity contribution in [2.75, 3.05) is 12.4 Å². The van der Waals surface area contributed by atoms with Crippen molar-refractivity contribution in [1.82, 2.24) is 14.9 Å². The van der Waals surface area contributed by atoms with Crippen molar-refractivity contribution < 1.29 is 14.0 Å². The van der Waals surface area contributed by atoms with E-state index in [-0.39, 0.29) is 11.8 Å². The monoisotopic (exact) mass is 350 g/mol. The van der Waals surface area contributed by atoms with Crippen LogP contribution in [0.15, 0.2) is 59.5 Å². The summed E-state index contributed by atoms with van der Waals surface area (Å²) in [5.74, 6) is 0.0956. The van der Waals surface area contributed by atoms with Crippen LogP contribution in [0.4, 0.5) is 5.69 Å². The van der Waals surface area contributed by atoms with E-state index >= 15 is 0 Å². The SMILES string of the molecule is Cc1nc(CN(C)C(=O)c2cccc(NC(=O)c3cccnc3)c2)co1. The average Bonchev–Trinajstić information content (AvgIpc) is 3.06. The van der Waals surface area contributed by atoms with Gasteiger partial charge in [-0.15, -0.1) is 0 Å². The summed E-state index contributed by atoms with van der Waals surface area (Å²) in [7, 11) is 1.69. The first kappa shape index (κ1) is 17.3. The van der Waals surface area contributed by atoms with E-state index in [1.807, 2.05) is 0 Å². The Bertz CT molecular complexity index is 921. The summed E-state index contributed by atoms with van der Waals surface area (Å²) in [5.41, 5.74) is 2.13. The van der Waals surface area contributed by atoms with Gasteiger partial charge in [0.25, 0.3) is 11.8 Å². The molecule has 0 aliphatic rings. The summed E-state index contributed by atoms with van der Waals surface area (Å²) in [6, 6.07) is 10.2. The number of rotatable bonds is 5. The lowest BCUT2D eigenvalue weighted by molar-refractivity contribution is 0.0783. The minimum atomic E-state index is -0.283. The molecule has 0 unspecified atom stereocenters. The molecule has 3 aromatic rings. The van der Waals surface area contributed by atoms with Crippen LogP contribution in [0, 0.1) is 6.92 Å². The summed E-state index contributed by atoms with van der Waals surface area (Å²) in [6.07, 6.45) is 4.62. The lowest BCUT2D eigenvalue weighted by atomic mass is 10.1. The highest BCUT2D eigenvalue weighted by Gasteiger charge is 2.15. The second-order valence-electron chi connectivity index (χ2n) is 5.80. The molecule has 1 N–H and O–H groups in total. The largest absolute Gasteiger partial charge is 0.449 e. The maximum Gasteiger partial charge on any atom is 0.257 e. The molecule has 0 bridgehead atoms. The zero-order valence-corrected chi connectivity index (χ0v) is 14.5. The number of benzene rings is 1. The Labute approximate surface area is 150 Å². The number of aromatic nitrogens is 2. The first-order chi connectivity index (χ1) is 12.5. The van der Waals surface area contributed by atoms with E-state index in [9.17, 15) is 9.59 Å². The lowest BCUT2D eigenvalue weighted by Crippen LogP contribution is -2.26. The number of carbonyl (C=O) groups is 2. The number of aryl methyl sites for hydroxylation is 1. The summed E-state index contributed by atoms with van der Waals surface area (Å²) < 4.78 is 5.15. The summed E-state index contributed by atoms with van der Waals surface area (Å²) in [4.78, 5) is 34.5. The molecule has 0 saturated carbocycles. The van der Waals surface area contributed by atoms with Crippen LogP contribution in [0.2, 0.25) is 0 Å². The molecule has 0 radical (unpaired) electrons. The third kappa shape index (κ3) is 4.13. The second kappa shape index (κ2) is 7.60. The molecule has 2 aromatic heterocycles. The molecule has 7 nitrogen and oxygen atoms in total. The van der Waals surface area contributed by atoms with E-state index in [4.69, 9.17) is 4.42 Å². The number of nitrogens with one attached hydrogen (secondary N) is 1. The number of amides is 2. The van der Waals surface area contributed by atoms with Gasteiger partial charge in [0.05, 0.1) is 17.8 Å². The number of hydrogen-bond acceptors (Lipinski definition) is 5. The van der Waals surface area contributed by atoms with Crippen molar-refractivity contribution in [3.05, 3.63) is 77.8 Å². The van der Waals surface area contributed by atoms with E-state index in [1.165, 1.54) is 12.5 Å². The van der Waals surface area contributed by atoms with Gasteiger partial charge >= 0.3 is 0 Å². The number of anilines is 1. The van der Waals surface area contributed by atoms with Crippen LogP contribution in [0.25, 0.3) is 0 Å². The Kier molecular flexibility index (Phi) is 5.07. The molecule has 1 aromatic carbocycles. The fraction of sp³-hybridized carbons (Fsp3) is 0.158. The van der Waals surface area contributed by atoms with Crippen molar-refractivity contribution >= 4 is 17.5 Å². The van der Waals surface area contributed by atoms with Crippen molar-refractivity contribution in [2.24, 2.45) is 0 Å². The lowest BCUT2D eigenvalue weighted by Gasteiger charge is -2.16. The standard InChI is InChI=1S/C19H18N4O3/c1-13-21-17(12-26-13)11-23(2)19(25)14-5-3-7-16(9-14)22-18(24)15-6-4-8-20-10-15/h3-10,12H,11H2,1-2H3,(H,22,24). The highest BCUT2D eigenvalue weighted by molar-refractivity contribution is 6.04. The van der Waals surface area contributed by atoms with Crippen molar-refractivity contribution in [3.63, 3.8) is 0 Å². The normalized spacial score (nSPS) is 10.4. The van der Waals surface area contributed by atoms with Gasteiger partial charge in [-0.1, -0.05) is 6.07 Å². The average molecular weight is 350 g/mol. The maximum absolute atomic E-state index is 12.6. The molecule has 0 fully saturated rings. The van der Waals surface area contributed by atoms with Crippen molar-refractivity contribution in [2.45, 2.75) is 13.5 Å². The number of pyridine rings is 1. The third-order valence-corrected chi connectivity index (χ3v) is 3.70. The molecule has 0 spiro atoms.